The van der Waals surface area contributed by atoms with Gasteiger partial charge in [-0.3, -0.25) is 4.79 Å². The van der Waals surface area contributed by atoms with Crippen LogP contribution in [0.4, 0.5) is 0 Å². The van der Waals surface area contributed by atoms with Gasteiger partial charge < -0.3 is 19.7 Å². The first-order valence-corrected chi connectivity index (χ1v) is 10.3. The molecule has 1 fully saturated rings. The lowest BCUT2D eigenvalue weighted by Crippen LogP contribution is -2.35. The van der Waals surface area contributed by atoms with Crippen LogP contribution in [0, 0.1) is 0 Å². The largest absolute Gasteiger partial charge is 0.490 e. The van der Waals surface area contributed by atoms with Crippen LogP contribution in [0.1, 0.15) is 19.3 Å². The molecule has 1 aromatic rings. The van der Waals surface area contributed by atoms with Crippen LogP contribution >= 0.6 is 12.4 Å². The molecule has 0 aliphatic carbocycles. The fourth-order valence-electron chi connectivity index (χ4n) is 2.93. The van der Waals surface area contributed by atoms with Gasteiger partial charge in [0.15, 0.2) is 21.3 Å². The maximum absolute atomic E-state index is 12.6. The van der Waals surface area contributed by atoms with Crippen LogP contribution in [-0.4, -0.2) is 64.4 Å². The third-order valence-electron chi connectivity index (χ3n) is 4.36. The predicted molar refractivity (Wildman–Crippen MR) is 100 cm³/mol. The lowest BCUT2D eigenvalue weighted by Gasteiger charge is -2.19. The number of carbonyl (C=O) groups excluding carboxylic acids is 1. The van der Waals surface area contributed by atoms with Crippen molar-refractivity contribution >= 4 is 28.2 Å². The Bertz CT molecular complexity index is 718. The summed E-state index contributed by atoms with van der Waals surface area (Å²) < 4.78 is 36.2. The van der Waals surface area contributed by atoms with Gasteiger partial charge in [-0.2, -0.15) is 0 Å². The summed E-state index contributed by atoms with van der Waals surface area (Å²) in [7, 11) is -3.55. The standard InChI is InChI=1S/C17H24N2O5S.ClH/c20-17(19-8-1-6-18-7-9-19)5-12-25(21,22)14-3-4-15-16(13-14)24-11-2-10-23-15;/h3-4,13,18H,1-2,5-12H2;1H. The number of nitrogens with one attached hydrogen (secondary N) is 1. The zero-order chi connectivity index (χ0) is 17.7. The molecule has 0 saturated carbocycles. The Labute approximate surface area is 160 Å². The molecule has 0 radical (unpaired) electrons. The van der Waals surface area contributed by atoms with Crippen LogP contribution < -0.4 is 14.8 Å². The number of sulfone groups is 1. The van der Waals surface area contributed by atoms with Crippen molar-refractivity contribution in [2.75, 3.05) is 45.1 Å². The number of carbonyl (C=O) groups is 1. The highest BCUT2D eigenvalue weighted by molar-refractivity contribution is 7.91. The molecule has 1 saturated heterocycles. The van der Waals surface area contributed by atoms with Crippen LogP contribution in [0.15, 0.2) is 23.1 Å². The molecule has 0 unspecified atom stereocenters. The zero-order valence-electron chi connectivity index (χ0n) is 14.6. The summed E-state index contributed by atoms with van der Waals surface area (Å²) >= 11 is 0. The minimum atomic E-state index is -3.55. The minimum Gasteiger partial charge on any atom is -0.490 e. The lowest BCUT2D eigenvalue weighted by atomic mass is 10.3. The van der Waals surface area contributed by atoms with Gasteiger partial charge in [0.2, 0.25) is 5.91 Å². The molecule has 2 aliphatic rings. The molecule has 0 spiro atoms. The molecule has 26 heavy (non-hydrogen) atoms. The van der Waals surface area contributed by atoms with Gasteiger partial charge in [-0.1, -0.05) is 0 Å². The quantitative estimate of drug-likeness (QED) is 0.813. The van der Waals surface area contributed by atoms with E-state index in [1.54, 1.807) is 11.0 Å². The van der Waals surface area contributed by atoms with Crippen LogP contribution in [0.25, 0.3) is 0 Å². The van der Waals surface area contributed by atoms with Crippen molar-refractivity contribution in [3.8, 4) is 11.5 Å². The van der Waals surface area contributed by atoms with E-state index in [1.807, 2.05) is 0 Å². The van der Waals surface area contributed by atoms with E-state index >= 15 is 0 Å². The van der Waals surface area contributed by atoms with E-state index in [9.17, 15) is 13.2 Å². The second-order valence-electron chi connectivity index (χ2n) is 6.21. The maximum atomic E-state index is 12.6. The van der Waals surface area contributed by atoms with E-state index < -0.39 is 9.84 Å². The average Bonchev–Trinajstić information content (AvgIpc) is 3.01. The summed E-state index contributed by atoms with van der Waals surface area (Å²) in [4.78, 5) is 14.2. The molecule has 0 atom stereocenters. The number of nitrogens with zero attached hydrogens (tertiary/aromatic N) is 1. The van der Waals surface area contributed by atoms with Gasteiger partial charge in [-0.05, 0) is 25.1 Å². The molecular weight excluding hydrogens is 380 g/mol. The first-order chi connectivity index (χ1) is 12.1. The van der Waals surface area contributed by atoms with Crippen molar-refractivity contribution in [3.05, 3.63) is 18.2 Å². The van der Waals surface area contributed by atoms with Gasteiger partial charge in [-0.15, -0.1) is 12.4 Å². The van der Waals surface area contributed by atoms with Crippen molar-refractivity contribution in [1.29, 1.82) is 0 Å². The lowest BCUT2D eigenvalue weighted by molar-refractivity contribution is -0.130. The highest BCUT2D eigenvalue weighted by Gasteiger charge is 2.22. The molecule has 2 aliphatic heterocycles. The van der Waals surface area contributed by atoms with E-state index in [4.69, 9.17) is 9.47 Å². The van der Waals surface area contributed by atoms with Gasteiger partial charge in [0.05, 0.1) is 23.9 Å². The van der Waals surface area contributed by atoms with E-state index in [0.29, 0.717) is 37.8 Å². The Morgan fingerprint density at radius 3 is 2.65 bits per heavy atom. The van der Waals surface area contributed by atoms with Gasteiger partial charge in [0.1, 0.15) is 0 Å². The smallest absolute Gasteiger partial charge is 0.223 e. The Morgan fingerprint density at radius 1 is 1.08 bits per heavy atom. The highest BCUT2D eigenvalue weighted by atomic mass is 35.5. The molecule has 3 rings (SSSR count). The number of amides is 1. The van der Waals surface area contributed by atoms with Gasteiger partial charge in [0, 0.05) is 38.5 Å². The van der Waals surface area contributed by atoms with Gasteiger partial charge >= 0.3 is 0 Å². The van der Waals surface area contributed by atoms with E-state index in [-0.39, 0.29) is 35.4 Å². The summed E-state index contributed by atoms with van der Waals surface area (Å²) in [6.45, 7) is 4.00. The van der Waals surface area contributed by atoms with Gasteiger partial charge in [-0.25, -0.2) is 8.42 Å². The molecule has 1 aromatic carbocycles. The molecule has 1 amide bonds. The van der Waals surface area contributed by atoms with E-state index in [2.05, 4.69) is 5.32 Å². The first-order valence-electron chi connectivity index (χ1n) is 8.67. The fraction of sp³-hybridized carbons (Fsp3) is 0.588. The topological polar surface area (TPSA) is 84.9 Å². The zero-order valence-corrected chi connectivity index (χ0v) is 16.2. The van der Waals surface area contributed by atoms with Crippen LogP contribution in [0.5, 0.6) is 11.5 Å². The summed E-state index contributed by atoms with van der Waals surface area (Å²) in [5.41, 5.74) is 0. The molecule has 0 aromatic heterocycles. The van der Waals surface area contributed by atoms with Crippen molar-refractivity contribution < 1.29 is 22.7 Å². The number of halogens is 1. The number of rotatable bonds is 4. The first kappa shape index (κ1) is 20.8. The van der Waals surface area contributed by atoms with E-state index in [0.717, 1.165) is 25.9 Å². The highest BCUT2D eigenvalue weighted by Crippen LogP contribution is 2.32. The average molecular weight is 405 g/mol. The van der Waals surface area contributed by atoms with E-state index in [1.165, 1.54) is 12.1 Å². The second-order valence-corrected chi connectivity index (χ2v) is 8.32. The van der Waals surface area contributed by atoms with Gasteiger partial charge in [0.25, 0.3) is 0 Å². The molecule has 2 heterocycles. The molecule has 1 N–H and O–H groups in total. The molecule has 7 nitrogen and oxygen atoms in total. The molecular formula is C17H25ClN2O5S. The Balaban J connectivity index is 0.00000243. The third-order valence-corrected chi connectivity index (χ3v) is 6.07. The normalized spacial score (nSPS) is 17.6. The number of fused-ring (bicyclic) bond motifs is 1. The van der Waals surface area contributed by atoms with Crippen molar-refractivity contribution in [2.45, 2.75) is 24.2 Å². The SMILES string of the molecule is Cl.O=C(CCS(=O)(=O)c1ccc2c(c1)OCCCO2)N1CCCNCC1. The Hall–Kier alpha value is -1.51. The number of hydrogen-bond acceptors (Lipinski definition) is 6. The number of ether oxygens (including phenoxy) is 2. The fourth-order valence-corrected chi connectivity index (χ4v) is 4.17. The second kappa shape index (κ2) is 9.43. The van der Waals surface area contributed by atoms with Crippen LogP contribution in [-0.2, 0) is 14.6 Å². The van der Waals surface area contributed by atoms with Crippen LogP contribution in [0.3, 0.4) is 0 Å². The predicted octanol–water partition coefficient (Wildman–Crippen LogP) is 1.26. The Kier molecular flexibility index (Phi) is 7.55. The maximum Gasteiger partial charge on any atom is 0.223 e. The number of hydrogen-bond donors (Lipinski definition) is 1. The minimum absolute atomic E-state index is 0. The molecule has 0 bridgehead atoms. The Morgan fingerprint density at radius 2 is 1.85 bits per heavy atom. The monoisotopic (exact) mass is 404 g/mol. The molecule has 9 heteroatoms. The van der Waals surface area contributed by atoms with Crippen molar-refractivity contribution in [2.24, 2.45) is 0 Å². The summed E-state index contributed by atoms with van der Waals surface area (Å²) in [6.07, 6.45) is 1.65. The van der Waals surface area contributed by atoms with Crippen molar-refractivity contribution in [3.63, 3.8) is 0 Å². The summed E-state index contributed by atoms with van der Waals surface area (Å²) in [6, 6.07) is 4.63. The van der Waals surface area contributed by atoms with Crippen LogP contribution in [0.2, 0.25) is 0 Å². The number of benzene rings is 1. The third kappa shape index (κ3) is 5.25. The summed E-state index contributed by atoms with van der Waals surface area (Å²) in [5.74, 6) is 0.699. The van der Waals surface area contributed by atoms with Crippen molar-refractivity contribution in [1.82, 2.24) is 10.2 Å². The summed E-state index contributed by atoms with van der Waals surface area (Å²) in [5, 5.41) is 3.23. The molecule has 146 valence electrons.